The van der Waals surface area contributed by atoms with Gasteiger partial charge in [0.25, 0.3) is 5.91 Å². The number of amides is 1. The van der Waals surface area contributed by atoms with Gasteiger partial charge in [0.1, 0.15) is 5.01 Å². The first-order chi connectivity index (χ1) is 13.3. The van der Waals surface area contributed by atoms with Gasteiger partial charge in [-0.1, -0.05) is 12.1 Å². The van der Waals surface area contributed by atoms with Crippen LogP contribution < -0.4 is 0 Å². The molecule has 0 unspecified atom stereocenters. The number of benzene rings is 2. The van der Waals surface area contributed by atoms with E-state index >= 15 is 0 Å². The van der Waals surface area contributed by atoms with Gasteiger partial charge in [-0.2, -0.15) is 0 Å². The molecule has 1 amide bonds. The predicted molar refractivity (Wildman–Crippen MR) is 102 cm³/mol. The van der Waals surface area contributed by atoms with E-state index in [2.05, 4.69) is 16.3 Å². The van der Waals surface area contributed by atoms with Gasteiger partial charge < -0.3 is 9.32 Å². The molecule has 1 fully saturated rings. The third-order valence-corrected chi connectivity index (χ3v) is 5.99. The Kier molecular flexibility index (Phi) is 3.94. The highest BCUT2D eigenvalue weighted by Crippen LogP contribution is 2.37. The van der Waals surface area contributed by atoms with Crippen molar-refractivity contribution in [3.8, 4) is 11.5 Å². The van der Waals surface area contributed by atoms with E-state index in [4.69, 9.17) is 9.40 Å². The largest absolute Gasteiger partial charge is 0.423 e. The van der Waals surface area contributed by atoms with Gasteiger partial charge >= 0.3 is 0 Å². The van der Waals surface area contributed by atoms with Gasteiger partial charge in [0.2, 0.25) is 12.3 Å². The normalized spacial score (nSPS) is 16.9. The number of fused-ring (bicyclic) bond motifs is 1. The Bertz CT molecular complexity index is 1060. The molecule has 0 N–H and O–H groups in total. The van der Waals surface area contributed by atoms with Crippen molar-refractivity contribution < 1.29 is 9.21 Å². The molecule has 1 aliphatic heterocycles. The van der Waals surface area contributed by atoms with Crippen LogP contribution in [0.15, 0.2) is 59.3 Å². The molecule has 2 aromatic carbocycles. The number of carbonyl (C=O) groups is 1. The van der Waals surface area contributed by atoms with E-state index in [1.807, 2.05) is 47.4 Å². The lowest BCUT2D eigenvalue weighted by Gasteiger charge is -2.23. The van der Waals surface area contributed by atoms with Gasteiger partial charge in [-0.25, -0.2) is 4.98 Å². The fourth-order valence-electron chi connectivity index (χ4n) is 3.52. The maximum atomic E-state index is 13.1. The van der Waals surface area contributed by atoms with Crippen LogP contribution in [0.2, 0.25) is 0 Å². The van der Waals surface area contributed by atoms with Crippen molar-refractivity contribution in [3.05, 3.63) is 65.5 Å². The van der Waals surface area contributed by atoms with E-state index in [-0.39, 0.29) is 11.9 Å². The smallest absolute Gasteiger partial charge is 0.254 e. The Morgan fingerprint density at radius 3 is 2.78 bits per heavy atom. The van der Waals surface area contributed by atoms with Crippen LogP contribution in [0.1, 0.15) is 34.2 Å². The van der Waals surface area contributed by atoms with Crippen LogP contribution in [0.25, 0.3) is 21.7 Å². The minimum atomic E-state index is 0.0360. The standard InChI is InChI=1S/C20H16N4O2S/c25-20(14-9-7-13(8-10-14)18-23-21-12-26-18)24-11-3-5-16(24)19-22-15-4-1-2-6-17(15)27-19/h1-2,4,6-10,12,16H,3,5,11H2/t16-/m1/s1. The zero-order chi connectivity index (χ0) is 18.2. The molecule has 1 saturated heterocycles. The van der Waals surface area contributed by atoms with E-state index in [0.29, 0.717) is 11.5 Å². The first kappa shape index (κ1) is 16.1. The van der Waals surface area contributed by atoms with Crippen molar-refractivity contribution in [3.63, 3.8) is 0 Å². The molecule has 134 valence electrons. The molecule has 3 heterocycles. The van der Waals surface area contributed by atoms with Gasteiger partial charge in [-0.15, -0.1) is 21.5 Å². The van der Waals surface area contributed by atoms with Crippen molar-refractivity contribution in [1.29, 1.82) is 0 Å². The second kappa shape index (κ2) is 6.59. The van der Waals surface area contributed by atoms with Crippen LogP contribution >= 0.6 is 11.3 Å². The number of carbonyl (C=O) groups excluding carboxylic acids is 1. The maximum absolute atomic E-state index is 13.1. The van der Waals surface area contributed by atoms with E-state index in [0.717, 1.165) is 40.2 Å². The van der Waals surface area contributed by atoms with Crippen molar-refractivity contribution >= 4 is 27.5 Å². The third kappa shape index (κ3) is 2.90. The van der Waals surface area contributed by atoms with Crippen LogP contribution in [0.4, 0.5) is 0 Å². The zero-order valence-electron chi connectivity index (χ0n) is 14.4. The Morgan fingerprint density at radius 1 is 1.15 bits per heavy atom. The summed E-state index contributed by atoms with van der Waals surface area (Å²) in [6, 6.07) is 15.5. The Morgan fingerprint density at radius 2 is 2.00 bits per heavy atom. The van der Waals surface area contributed by atoms with Crippen LogP contribution in [0.5, 0.6) is 0 Å². The number of hydrogen-bond donors (Lipinski definition) is 0. The summed E-state index contributed by atoms with van der Waals surface area (Å²) < 4.78 is 6.36. The number of likely N-dealkylation sites (tertiary alicyclic amines) is 1. The van der Waals surface area contributed by atoms with Crippen LogP contribution in [0.3, 0.4) is 0 Å². The number of aromatic nitrogens is 3. The summed E-state index contributed by atoms with van der Waals surface area (Å²) in [4.78, 5) is 19.8. The molecule has 7 heteroatoms. The summed E-state index contributed by atoms with van der Waals surface area (Å²) >= 11 is 1.68. The highest BCUT2D eigenvalue weighted by Gasteiger charge is 2.32. The van der Waals surface area contributed by atoms with E-state index in [1.165, 1.54) is 6.39 Å². The lowest BCUT2D eigenvalue weighted by atomic mass is 10.1. The lowest BCUT2D eigenvalue weighted by molar-refractivity contribution is 0.0735. The molecule has 4 aromatic rings. The second-order valence-corrected chi connectivity index (χ2v) is 7.56. The number of nitrogens with zero attached hydrogens (tertiary/aromatic N) is 4. The third-order valence-electron chi connectivity index (χ3n) is 4.85. The summed E-state index contributed by atoms with van der Waals surface area (Å²) in [6.07, 6.45) is 3.24. The number of para-hydroxylation sites is 1. The second-order valence-electron chi connectivity index (χ2n) is 6.50. The van der Waals surface area contributed by atoms with Crippen LogP contribution in [-0.2, 0) is 0 Å². The quantitative estimate of drug-likeness (QED) is 0.532. The molecule has 27 heavy (non-hydrogen) atoms. The van der Waals surface area contributed by atoms with Crippen molar-refractivity contribution in [1.82, 2.24) is 20.1 Å². The lowest BCUT2D eigenvalue weighted by Crippen LogP contribution is -2.30. The molecule has 2 aromatic heterocycles. The number of thiazole rings is 1. The van der Waals surface area contributed by atoms with Gasteiger partial charge in [-0.05, 0) is 49.2 Å². The van der Waals surface area contributed by atoms with E-state index in [9.17, 15) is 4.79 Å². The predicted octanol–water partition coefficient (Wildman–Crippen LogP) is 4.32. The fourth-order valence-corrected chi connectivity index (χ4v) is 4.63. The molecular weight excluding hydrogens is 360 g/mol. The van der Waals surface area contributed by atoms with E-state index in [1.54, 1.807) is 11.3 Å². The molecule has 6 nitrogen and oxygen atoms in total. The summed E-state index contributed by atoms with van der Waals surface area (Å²) in [5.74, 6) is 0.483. The maximum Gasteiger partial charge on any atom is 0.254 e. The van der Waals surface area contributed by atoms with Crippen molar-refractivity contribution in [2.24, 2.45) is 0 Å². The van der Waals surface area contributed by atoms with Gasteiger partial charge in [-0.3, -0.25) is 4.79 Å². The SMILES string of the molecule is O=C(c1ccc(-c2nnco2)cc1)N1CCC[C@@H]1c1nc2ccccc2s1. The molecular formula is C20H16N4O2S. The van der Waals surface area contributed by atoms with Crippen molar-refractivity contribution in [2.75, 3.05) is 6.54 Å². The van der Waals surface area contributed by atoms with Crippen molar-refractivity contribution in [2.45, 2.75) is 18.9 Å². The Labute approximate surface area is 159 Å². The molecule has 0 bridgehead atoms. The fraction of sp³-hybridized carbons (Fsp3) is 0.200. The Balaban J connectivity index is 1.41. The molecule has 0 aliphatic carbocycles. The zero-order valence-corrected chi connectivity index (χ0v) is 15.2. The molecule has 0 saturated carbocycles. The summed E-state index contributed by atoms with van der Waals surface area (Å²) in [6.45, 7) is 0.755. The average Bonchev–Trinajstić information content (AvgIpc) is 3.47. The average molecular weight is 376 g/mol. The van der Waals surface area contributed by atoms with E-state index < -0.39 is 0 Å². The summed E-state index contributed by atoms with van der Waals surface area (Å²) in [7, 11) is 0. The Hall–Kier alpha value is -3.06. The summed E-state index contributed by atoms with van der Waals surface area (Å²) in [5.41, 5.74) is 2.46. The molecule has 5 rings (SSSR count). The van der Waals surface area contributed by atoms with Gasteiger partial charge in [0, 0.05) is 17.7 Å². The number of hydrogen-bond acceptors (Lipinski definition) is 6. The first-order valence-electron chi connectivity index (χ1n) is 8.82. The molecule has 1 aliphatic rings. The molecule has 0 radical (unpaired) electrons. The number of rotatable bonds is 3. The highest BCUT2D eigenvalue weighted by molar-refractivity contribution is 7.18. The van der Waals surface area contributed by atoms with Gasteiger partial charge in [0.05, 0.1) is 16.3 Å². The topological polar surface area (TPSA) is 72.1 Å². The minimum absolute atomic E-state index is 0.0360. The minimum Gasteiger partial charge on any atom is -0.423 e. The first-order valence-corrected chi connectivity index (χ1v) is 9.64. The van der Waals surface area contributed by atoms with Gasteiger partial charge in [0.15, 0.2) is 0 Å². The highest BCUT2D eigenvalue weighted by atomic mass is 32.1. The monoisotopic (exact) mass is 376 g/mol. The molecule has 0 spiro atoms. The van der Waals surface area contributed by atoms with Crippen LogP contribution in [0, 0.1) is 0 Å². The summed E-state index contributed by atoms with van der Waals surface area (Å²) in [5, 5.41) is 8.59. The van der Waals surface area contributed by atoms with Crippen LogP contribution in [-0.4, -0.2) is 32.5 Å². The molecule has 1 atom stereocenters.